The maximum Gasteiger partial charge on any atom is 0.243 e. The SMILES string of the molecule is N#CCC1(CN2C(=O)CNCC2=O)CC1. The average Bonchev–Trinajstić information content (AvgIpc) is 2.93. The highest BCUT2D eigenvalue weighted by atomic mass is 16.2. The molecule has 0 atom stereocenters. The number of piperazine rings is 1. The summed E-state index contributed by atoms with van der Waals surface area (Å²) in [5.74, 6) is -0.342. The minimum absolute atomic E-state index is 0.0859. The van der Waals surface area contributed by atoms with Crippen molar-refractivity contribution in [1.29, 1.82) is 5.26 Å². The highest BCUT2D eigenvalue weighted by molar-refractivity contribution is 5.99. The Morgan fingerprint density at radius 1 is 1.33 bits per heavy atom. The van der Waals surface area contributed by atoms with Crippen LogP contribution in [0.2, 0.25) is 0 Å². The van der Waals surface area contributed by atoms with E-state index in [4.69, 9.17) is 5.26 Å². The van der Waals surface area contributed by atoms with Crippen LogP contribution in [0.5, 0.6) is 0 Å². The summed E-state index contributed by atoms with van der Waals surface area (Å²) in [7, 11) is 0. The molecule has 0 radical (unpaired) electrons. The fraction of sp³-hybridized carbons (Fsp3) is 0.700. The van der Waals surface area contributed by atoms with E-state index >= 15 is 0 Å². The summed E-state index contributed by atoms with van der Waals surface area (Å²) in [5, 5.41) is 11.4. The molecular weight excluding hydrogens is 194 g/mol. The van der Waals surface area contributed by atoms with Gasteiger partial charge in [-0.2, -0.15) is 5.26 Å². The number of amides is 2. The molecule has 0 bridgehead atoms. The minimum Gasteiger partial charge on any atom is -0.300 e. The number of nitriles is 1. The first-order valence-electron chi connectivity index (χ1n) is 5.08. The van der Waals surface area contributed by atoms with Crippen LogP contribution in [0.1, 0.15) is 19.3 Å². The zero-order valence-corrected chi connectivity index (χ0v) is 8.45. The van der Waals surface area contributed by atoms with E-state index in [0.717, 1.165) is 12.8 Å². The summed E-state index contributed by atoms with van der Waals surface area (Å²) in [6.07, 6.45) is 2.34. The number of rotatable bonds is 3. The van der Waals surface area contributed by atoms with Gasteiger partial charge in [-0.05, 0) is 12.8 Å². The number of carbonyl (C=O) groups excluding carboxylic acids is 2. The third-order valence-corrected chi connectivity index (χ3v) is 3.06. The summed E-state index contributed by atoms with van der Waals surface area (Å²) in [5.41, 5.74) is -0.0859. The van der Waals surface area contributed by atoms with Crippen molar-refractivity contribution in [3.8, 4) is 6.07 Å². The van der Waals surface area contributed by atoms with Gasteiger partial charge in [0.2, 0.25) is 11.8 Å². The molecule has 80 valence electrons. The van der Waals surface area contributed by atoms with E-state index in [9.17, 15) is 9.59 Å². The molecule has 0 spiro atoms. The van der Waals surface area contributed by atoms with E-state index in [0.29, 0.717) is 13.0 Å². The van der Waals surface area contributed by atoms with E-state index in [2.05, 4.69) is 11.4 Å². The standard InChI is InChI=1S/C10H13N3O2/c11-4-3-10(1-2-10)7-13-8(14)5-12-6-9(13)15/h12H,1-3,5-7H2. The number of hydrogen-bond acceptors (Lipinski definition) is 4. The number of carbonyl (C=O) groups is 2. The Morgan fingerprint density at radius 2 is 1.93 bits per heavy atom. The molecule has 2 aliphatic rings. The van der Waals surface area contributed by atoms with Gasteiger partial charge in [0.1, 0.15) is 0 Å². The molecule has 1 heterocycles. The Bertz CT molecular complexity index is 325. The van der Waals surface area contributed by atoms with Crippen LogP contribution < -0.4 is 5.32 Å². The van der Waals surface area contributed by atoms with Crippen LogP contribution in [-0.4, -0.2) is 36.3 Å². The lowest BCUT2D eigenvalue weighted by Gasteiger charge is -2.28. The summed E-state index contributed by atoms with van der Waals surface area (Å²) < 4.78 is 0. The highest BCUT2D eigenvalue weighted by Crippen LogP contribution is 2.49. The monoisotopic (exact) mass is 207 g/mol. The van der Waals surface area contributed by atoms with Crippen molar-refractivity contribution < 1.29 is 9.59 Å². The van der Waals surface area contributed by atoms with Gasteiger partial charge in [-0.25, -0.2) is 0 Å². The quantitative estimate of drug-likeness (QED) is 0.641. The van der Waals surface area contributed by atoms with Gasteiger partial charge in [-0.3, -0.25) is 19.8 Å². The van der Waals surface area contributed by atoms with Crippen molar-refractivity contribution >= 4 is 11.8 Å². The molecule has 2 fully saturated rings. The van der Waals surface area contributed by atoms with Crippen LogP contribution in [0.15, 0.2) is 0 Å². The van der Waals surface area contributed by atoms with E-state index in [1.165, 1.54) is 4.90 Å². The van der Waals surface area contributed by atoms with Crippen molar-refractivity contribution in [1.82, 2.24) is 10.2 Å². The number of imide groups is 1. The van der Waals surface area contributed by atoms with Crippen molar-refractivity contribution in [3.05, 3.63) is 0 Å². The minimum atomic E-state index is -0.171. The molecule has 1 saturated heterocycles. The molecule has 0 aromatic rings. The van der Waals surface area contributed by atoms with Crippen LogP contribution in [-0.2, 0) is 9.59 Å². The molecular formula is C10H13N3O2. The zero-order valence-electron chi connectivity index (χ0n) is 8.45. The summed E-state index contributed by atoms with van der Waals surface area (Å²) in [6.45, 7) is 0.892. The predicted octanol–water partition coefficient (Wildman–Crippen LogP) is -0.361. The molecule has 1 N–H and O–H groups in total. The summed E-state index contributed by atoms with van der Waals surface area (Å²) in [4.78, 5) is 24.3. The maximum absolute atomic E-state index is 11.5. The fourth-order valence-electron chi connectivity index (χ4n) is 1.85. The third kappa shape index (κ3) is 2.00. The lowest BCUT2D eigenvalue weighted by Crippen LogP contribution is -2.53. The van der Waals surface area contributed by atoms with Crippen LogP contribution in [0.3, 0.4) is 0 Å². The van der Waals surface area contributed by atoms with Gasteiger partial charge in [-0.1, -0.05) is 0 Å². The second-order valence-corrected chi connectivity index (χ2v) is 4.31. The Hall–Kier alpha value is -1.41. The number of nitrogens with one attached hydrogen (secondary N) is 1. The molecule has 15 heavy (non-hydrogen) atoms. The van der Waals surface area contributed by atoms with Gasteiger partial charge >= 0.3 is 0 Å². The fourth-order valence-corrected chi connectivity index (χ4v) is 1.85. The average molecular weight is 207 g/mol. The molecule has 1 saturated carbocycles. The number of nitrogens with zero attached hydrogens (tertiary/aromatic N) is 2. The van der Waals surface area contributed by atoms with Crippen LogP contribution in [0.25, 0.3) is 0 Å². The van der Waals surface area contributed by atoms with Gasteiger partial charge in [0.05, 0.1) is 19.2 Å². The normalized spacial score (nSPS) is 23.8. The second kappa shape index (κ2) is 3.63. The molecule has 5 heteroatoms. The van der Waals surface area contributed by atoms with Gasteiger partial charge in [0.25, 0.3) is 0 Å². The van der Waals surface area contributed by atoms with Crippen LogP contribution in [0, 0.1) is 16.7 Å². The Morgan fingerprint density at radius 3 is 2.40 bits per heavy atom. The van der Waals surface area contributed by atoms with Crippen molar-refractivity contribution in [2.45, 2.75) is 19.3 Å². The molecule has 2 amide bonds. The van der Waals surface area contributed by atoms with Crippen molar-refractivity contribution in [2.24, 2.45) is 5.41 Å². The Labute approximate surface area is 88.0 Å². The zero-order chi connectivity index (χ0) is 10.9. The van der Waals surface area contributed by atoms with Crippen molar-refractivity contribution in [2.75, 3.05) is 19.6 Å². The third-order valence-electron chi connectivity index (χ3n) is 3.06. The first kappa shape index (κ1) is 10.1. The first-order valence-corrected chi connectivity index (χ1v) is 5.08. The van der Waals surface area contributed by atoms with Crippen molar-refractivity contribution in [3.63, 3.8) is 0 Å². The lowest BCUT2D eigenvalue weighted by atomic mass is 10.0. The molecule has 2 rings (SSSR count). The molecule has 0 aromatic heterocycles. The molecule has 5 nitrogen and oxygen atoms in total. The van der Waals surface area contributed by atoms with Gasteiger partial charge in [0.15, 0.2) is 0 Å². The largest absolute Gasteiger partial charge is 0.300 e. The summed E-state index contributed by atoms with van der Waals surface area (Å²) in [6, 6.07) is 2.12. The molecule has 1 aliphatic heterocycles. The Balaban J connectivity index is 2.01. The van der Waals surface area contributed by atoms with E-state index in [1.54, 1.807) is 0 Å². The van der Waals surface area contributed by atoms with E-state index < -0.39 is 0 Å². The summed E-state index contributed by atoms with van der Waals surface area (Å²) >= 11 is 0. The topological polar surface area (TPSA) is 73.2 Å². The van der Waals surface area contributed by atoms with E-state index in [-0.39, 0.29) is 30.3 Å². The maximum atomic E-state index is 11.5. The van der Waals surface area contributed by atoms with Crippen LogP contribution >= 0.6 is 0 Å². The second-order valence-electron chi connectivity index (χ2n) is 4.31. The van der Waals surface area contributed by atoms with E-state index in [1.807, 2.05) is 0 Å². The molecule has 0 aromatic carbocycles. The van der Waals surface area contributed by atoms with Gasteiger partial charge in [0, 0.05) is 18.4 Å². The smallest absolute Gasteiger partial charge is 0.243 e. The van der Waals surface area contributed by atoms with Gasteiger partial charge < -0.3 is 0 Å². The molecule has 0 unspecified atom stereocenters. The highest BCUT2D eigenvalue weighted by Gasteiger charge is 2.46. The lowest BCUT2D eigenvalue weighted by molar-refractivity contribution is -0.147. The predicted molar refractivity (Wildman–Crippen MR) is 51.5 cm³/mol. The van der Waals surface area contributed by atoms with Crippen LogP contribution in [0.4, 0.5) is 0 Å². The number of hydrogen-bond donors (Lipinski definition) is 1. The Kier molecular flexibility index (Phi) is 2.45. The molecule has 1 aliphatic carbocycles. The van der Waals surface area contributed by atoms with Gasteiger partial charge in [-0.15, -0.1) is 0 Å². The first-order chi connectivity index (χ1) is 7.17.